The zero-order valence-corrected chi connectivity index (χ0v) is 7.50. The summed E-state index contributed by atoms with van der Waals surface area (Å²) in [6.07, 6.45) is 0.783. The van der Waals surface area contributed by atoms with Gasteiger partial charge in [-0.15, -0.1) is 0 Å². The number of hydrogen-bond donors (Lipinski definition) is 2. The smallest absolute Gasteiger partial charge is 0.217 e. The Bertz CT molecular complexity index is 212. The van der Waals surface area contributed by atoms with E-state index in [0.717, 1.165) is 6.42 Å². The van der Waals surface area contributed by atoms with Gasteiger partial charge in [0.05, 0.1) is 18.4 Å². The molecule has 12 heavy (non-hydrogen) atoms. The maximum atomic E-state index is 10.7. The summed E-state index contributed by atoms with van der Waals surface area (Å²) in [5.74, 6) is 1.10. The van der Waals surface area contributed by atoms with Crippen LogP contribution in [0.4, 0.5) is 0 Å². The van der Waals surface area contributed by atoms with Crippen molar-refractivity contribution in [1.29, 1.82) is 0 Å². The minimum Gasteiger partial charge on any atom is -0.387 e. The molecular weight excluding hydrogens is 154 g/mol. The number of carbonyl (C=O) groups is 1. The van der Waals surface area contributed by atoms with Crippen molar-refractivity contribution in [2.45, 2.75) is 26.3 Å². The maximum absolute atomic E-state index is 10.7. The van der Waals surface area contributed by atoms with E-state index in [4.69, 9.17) is 5.73 Å². The highest BCUT2D eigenvalue weighted by Gasteiger charge is 2.22. The van der Waals surface area contributed by atoms with E-state index in [1.54, 1.807) is 0 Å². The van der Waals surface area contributed by atoms with Crippen LogP contribution in [0.1, 0.15) is 20.3 Å². The van der Waals surface area contributed by atoms with Crippen LogP contribution in [0.2, 0.25) is 0 Å². The predicted octanol–water partition coefficient (Wildman–Crippen LogP) is -0.112. The van der Waals surface area contributed by atoms with Crippen molar-refractivity contribution >= 4 is 11.7 Å². The van der Waals surface area contributed by atoms with Crippen LogP contribution in [0, 0.1) is 5.92 Å². The predicted molar refractivity (Wildman–Crippen MR) is 47.9 cm³/mol. The molecule has 0 spiro atoms. The molecule has 0 unspecified atom stereocenters. The van der Waals surface area contributed by atoms with Crippen LogP contribution in [0.5, 0.6) is 0 Å². The normalized spacial score (nSPS) is 29.3. The van der Waals surface area contributed by atoms with E-state index in [-0.39, 0.29) is 11.9 Å². The molecule has 1 amide bonds. The van der Waals surface area contributed by atoms with Crippen molar-refractivity contribution in [2.24, 2.45) is 16.6 Å². The number of nitrogens with zero attached hydrogens (tertiary/aromatic N) is 1. The number of rotatable bonds is 1. The topological polar surface area (TPSA) is 67.5 Å². The summed E-state index contributed by atoms with van der Waals surface area (Å²) in [6.45, 7) is 4.21. The molecule has 0 aliphatic carbocycles. The Morgan fingerprint density at radius 2 is 2.42 bits per heavy atom. The Labute approximate surface area is 72.2 Å². The number of aliphatic imine (C=N–C) groups is 1. The Morgan fingerprint density at radius 1 is 1.75 bits per heavy atom. The van der Waals surface area contributed by atoms with E-state index in [0.29, 0.717) is 18.3 Å². The highest BCUT2D eigenvalue weighted by atomic mass is 16.1. The van der Waals surface area contributed by atoms with Gasteiger partial charge in [-0.25, -0.2) is 0 Å². The third-order valence-electron chi connectivity index (χ3n) is 2.10. The second-order valence-electron chi connectivity index (χ2n) is 3.32. The van der Waals surface area contributed by atoms with E-state index in [1.807, 2.05) is 0 Å². The molecule has 0 aromatic rings. The van der Waals surface area contributed by atoms with Crippen molar-refractivity contribution in [3.63, 3.8) is 0 Å². The van der Waals surface area contributed by atoms with Crippen molar-refractivity contribution < 1.29 is 4.79 Å². The van der Waals surface area contributed by atoms with Crippen LogP contribution < -0.4 is 11.1 Å². The second kappa shape index (κ2) is 3.56. The molecule has 4 heteroatoms. The summed E-state index contributed by atoms with van der Waals surface area (Å²) in [4.78, 5) is 14.8. The van der Waals surface area contributed by atoms with Gasteiger partial charge in [-0.1, -0.05) is 6.92 Å². The number of amidine groups is 1. The Kier molecular flexibility index (Phi) is 2.68. The molecule has 1 rings (SSSR count). The van der Waals surface area contributed by atoms with Gasteiger partial charge < -0.3 is 11.1 Å². The minimum absolute atomic E-state index is 0.00233. The van der Waals surface area contributed by atoms with Crippen molar-refractivity contribution in [3.05, 3.63) is 0 Å². The zero-order valence-electron chi connectivity index (χ0n) is 7.50. The van der Waals surface area contributed by atoms with E-state index in [2.05, 4.69) is 17.2 Å². The molecule has 0 radical (unpaired) electrons. The van der Waals surface area contributed by atoms with E-state index in [1.165, 1.54) is 6.92 Å². The molecule has 3 N–H and O–H groups in total. The fourth-order valence-corrected chi connectivity index (χ4v) is 1.38. The van der Waals surface area contributed by atoms with Gasteiger partial charge in [0.1, 0.15) is 0 Å². The highest BCUT2D eigenvalue weighted by molar-refractivity contribution is 5.81. The highest BCUT2D eigenvalue weighted by Crippen LogP contribution is 2.13. The maximum Gasteiger partial charge on any atom is 0.217 e. The first-order chi connectivity index (χ1) is 5.59. The second-order valence-corrected chi connectivity index (χ2v) is 3.32. The number of amides is 1. The summed E-state index contributed by atoms with van der Waals surface area (Å²) in [5, 5.41) is 2.85. The molecule has 68 valence electrons. The molecule has 1 aliphatic rings. The lowest BCUT2D eigenvalue weighted by molar-refractivity contribution is -0.119. The number of hydrogen-bond acceptors (Lipinski definition) is 3. The first-order valence-electron chi connectivity index (χ1n) is 4.15. The van der Waals surface area contributed by atoms with Gasteiger partial charge in [0.2, 0.25) is 5.91 Å². The molecule has 2 atom stereocenters. The third kappa shape index (κ3) is 2.22. The van der Waals surface area contributed by atoms with Crippen LogP contribution in [0.25, 0.3) is 0 Å². The summed E-state index contributed by atoms with van der Waals surface area (Å²) >= 11 is 0. The van der Waals surface area contributed by atoms with Gasteiger partial charge in [0, 0.05) is 13.3 Å². The van der Waals surface area contributed by atoms with Gasteiger partial charge in [-0.05, 0) is 5.92 Å². The number of nitrogens with two attached hydrogens (primary N) is 1. The fraction of sp³-hybridized carbons (Fsp3) is 0.750. The van der Waals surface area contributed by atoms with Gasteiger partial charge in [0.25, 0.3) is 0 Å². The lowest BCUT2D eigenvalue weighted by Gasteiger charge is -2.26. The van der Waals surface area contributed by atoms with Crippen LogP contribution in [0.15, 0.2) is 4.99 Å². The molecule has 0 bridgehead atoms. The summed E-state index contributed by atoms with van der Waals surface area (Å²) < 4.78 is 0. The molecule has 1 heterocycles. The molecule has 0 saturated heterocycles. The van der Waals surface area contributed by atoms with Gasteiger partial charge in [0.15, 0.2) is 0 Å². The van der Waals surface area contributed by atoms with Crippen LogP contribution in [-0.4, -0.2) is 24.3 Å². The van der Waals surface area contributed by atoms with Crippen molar-refractivity contribution in [3.8, 4) is 0 Å². The Morgan fingerprint density at radius 3 is 2.92 bits per heavy atom. The van der Waals surface area contributed by atoms with Crippen LogP contribution >= 0.6 is 0 Å². The molecule has 0 aromatic heterocycles. The Balaban J connectivity index is 2.51. The average Bonchev–Trinajstić information content (AvgIpc) is 1.94. The molecule has 4 nitrogen and oxygen atoms in total. The SMILES string of the molecule is CC(=O)N[C@@H]1CN=C(N)C[C@H]1C. The lowest BCUT2D eigenvalue weighted by Crippen LogP contribution is -2.44. The molecule has 0 fully saturated rings. The van der Waals surface area contributed by atoms with Crippen molar-refractivity contribution in [1.82, 2.24) is 5.32 Å². The minimum atomic E-state index is 0.00233. The third-order valence-corrected chi connectivity index (χ3v) is 2.10. The zero-order chi connectivity index (χ0) is 9.14. The summed E-state index contributed by atoms with van der Waals surface area (Å²) in [7, 11) is 0. The first kappa shape index (κ1) is 9.03. The molecule has 0 aromatic carbocycles. The molecular formula is C8H15N3O. The van der Waals surface area contributed by atoms with Crippen molar-refractivity contribution in [2.75, 3.05) is 6.54 Å². The van der Waals surface area contributed by atoms with Gasteiger partial charge in [-0.2, -0.15) is 0 Å². The summed E-state index contributed by atoms with van der Waals surface area (Å²) in [5.41, 5.74) is 5.56. The molecule has 0 saturated carbocycles. The van der Waals surface area contributed by atoms with E-state index >= 15 is 0 Å². The average molecular weight is 169 g/mol. The first-order valence-corrected chi connectivity index (χ1v) is 4.15. The van der Waals surface area contributed by atoms with E-state index < -0.39 is 0 Å². The standard InChI is InChI=1S/C8H15N3O/c1-5-3-8(9)10-4-7(5)11-6(2)12/h5,7H,3-4H2,1-2H3,(H2,9,10)(H,11,12)/t5-,7-/m1/s1. The van der Waals surface area contributed by atoms with Gasteiger partial charge in [-0.3, -0.25) is 9.79 Å². The number of carbonyl (C=O) groups excluding carboxylic acids is 1. The van der Waals surface area contributed by atoms with Crippen LogP contribution in [0.3, 0.4) is 0 Å². The fourth-order valence-electron chi connectivity index (χ4n) is 1.38. The van der Waals surface area contributed by atoms with Crippen LogP contribution in [-0.2, 0) is 4.79 Å². The largest absolute Gasteiger partial charge is 0.387 e. The molecule has 1 aliphatic heterocycles. The number of nitrogens with one attached hydrogen (secondary N) is 1. The summed E-state index contributed by atoms with van der Waals surface area (Å²) in [6, 6.07) is 0.162. The Hall–Kier alpha value is -1.06. The monoisotopic (exact) mass is 169 g/mol. The lowest BCUT2D eigenvalue weighted by atomic mass is 9.95. The van der Waals surface area contributed by atoms with E-state index in [9.17, 15) is 4.79 Å². The quantitative estimate of drug-likeness (QED) is 0.575. The van der Waals surface area contributed by atoms with Gasteiger partial charge >= 0.3 is 0 Å².